The first-order valence-electron chi connectivity index (χ1n) is 6.34. The molecule has 0 spiro atoms. The molecule has 0 radical (unpaired) electrons. The minimum atomic E-state index is -0.901. The maximum atomic E-state index is 11.9. The molecule has 3 N–H and O–H groups in total. The fourth-order valence-corrected chi connectivity index (χ4v) is 2.53. The summed E-state index contributed by atoms with van der Waals surface area (Å²) in [6.07, 6.45) is 0. The highest BCUT2D eigenvalue weighted by Crippen LogP contribution is 2.03. The van der Waals surface area contributed by atoms with E-state index in [0.29, 0.717) is 24.0 Å². The van der Waals surface area contributed by atoms with Crippen molar-refractivity contribution >= 4 is 16.8 Å². The summed E-state index contributed by atoms with van der Waals surface area (Å²) in [5, 5.41) is 3.07. The Morgan fingerprint density at radius 3 is 2.53 bits per heavy atom. The van der Waals surface area contributed by atoms with Crippen LogP contribution in [0.5, 0.6) is 0 Å². The Labute approximate surface area is 118 Å². The molecule has 5 heteroatoms. The second-order valence-electron chi connectivity index (χ2n) is 5.42. The second-order valence-corrected chi connectivity index (χ2v) is 6.99. The van der Waals surface area contributed by atoms with Crippen molar-refractivity contribution in [1.29, 1.82) is 0 Å². The van der Waals surface area contributed by atoms with E-state index in [1.807, 2.05) is 51.1 Å². The van der Waals surface area contributed by atoms with Crippen LogP contribution in [0.4, 0.5) is 0 Å². The maximum Gasteiger partial charge on any atom is 0.189 e. The molecule has 19 heavy (non-hydrogen) atoms. The fraction of sp³-hybridized carbons (Fsp3) is 0.500. The summed E-state index contributed by atoms with van der Waals surface area (Å²) in [5.41, 5.74) is 6.73. The molecule has 0 bridgehead atoms. The molecule has 0 aromatic heterocycles. The lowest BCUT2D eigenvalue weighted by Crippen LogP contribution is -2.45. The minimum Gasteiger partial charge on any atom is -0.370 e. The number of rotatable bonds is 5. The SMILES string of the molecule is CC(C)(C)NC(N)=NCCS(=O)Cc1ccccc1. The second kappa shape index (κ2) is 7.28. The average molecular weight is 281 g/mol. The molecule has 106 valence electrons. The predicted octanol–water partition coefficient (Wildman–Crippen LogP) is 1.64. The third-order valence-corrected chi connectivity index (χ3v) is 3.57. The van der Waals surface area contributed by atoms with Gasteiger partial charge in [0.05, 0.1) is 6.54 Å². The summed E-state index contributed by atoms with van der Waals surface area (Å²) >= 11 is 0. The largest absolute Gasteiger partial charge is 0.370 e. The normalized spacial score (nSPS) is 14.2. The standard InChI is InChI=1S/C14H23N3OS/c1-14(2,3)17-13(15)16-9-10-19(18)11-12-7-5-4-6-8-12/h4-8H,9-11H2,1-3H3,(H3,15,16,17). The zero-order valence-corrected chi connectivity index (χ0v) is 12.7. The molecule has 0 amide bonds. The molecule has 0 saturated heterocycles. The van der Waals surface area contributed by atoms with Gasteiger partial charge in [0, 0.05) is 27.8 Å². The van der Waals surface area contributed by atoms with Gasteiger partial charge in [-0.2, -0.15) is 0 Å². The number of nitrogens with one attached hydrogen (secondary N) is 1. The summed E-state index contributed by atoms with van der Waals surface area (Å²) in [5.74, 6) is 1.51. The van der Waals surface area contributed by atoms with Gasteiger partial charge in [0.25, 0.3) is 0 Å². The lowest BCUT2D eigenvalue weighted by Gasteiger charge is -2.20. The maximum absolute atomic E-state index is 11.9. The molecular formula is C14H23N3OS. The van der Waals surface area contributed by atoms with E-state index in [-0.39, 0.29) is 5.54 Å². The molecule has 0 aliphatic carbocycles. The first-order valence-corrected chi connectivity index (χ1v) is 7.82. The van der Waals surface area contributed by atoms with Gasteiger partial charge in [0.2, 0.25) is 0 Å². The number of guanidine groups is 1. The molecule has 1 rings (SSSR count). The van der Waals surface area contributed by atoms with E-state index >= 15 is 0 Å². The molecule has 0 heterocycles. The Kier molecular flexibility index (Phi) is 6.02. The Hall–Kier alpha value is -1.36. The van der Waals surface area contributed by atoms with E-state index in [1.54, 1.807) is 0 Å². The Morgan fingerprint density at radius 2 is 1.95 bits per heavy atom. The van der Waals surface area contributed by atoms with Gasteiger partial charge in [-0.3, -0.25) is 9.20 Å². The van der Waals surface area contributed by atoms with Crippen molar-refractivity contribution in [3.05, 3.63) is 35.9 Å². The zero-order chi connectivity index (χ0) is 14.3. The van der Waals surface area contributed by atoms with Crippen molar-refractivity contribution in [3.63, 3.8) is 0 Å². The highest BCUT2D eigenvalue weighted by atomic mass is 32.2. The number of hydrogen-bond donors (Lipinski definition) is 2. The van der Waals surface area contributed by atoms with E-state index in [0.717, 1.165) is 5.56 Å². The first-order chi connectivity index (χ1) is 8.87. The molecule has 0 aliphatic heterocycles. The van der Waals surface area contributed by atoms with Crippen molar-refractivity contribution in [2.24, 2.45) is 10.7 Å². The number of hydrogen-bond acceptors (Lipinski definition) is 2. The lowest BCUT2D eigenvalue weighted by atomic mass is 10.1. The van der Waals surface area contributed by atoms with Crippen LogP contribution in [0.2, 0.25) is 0 Å². The van der Waals surface area contributed by atoms with Crippen LogP contribution in [-0.4, -0.2) is 28.0 Å². The number of aliphatic imine (C=N–C) groups is 1. The van der Waals surface area contributed by atoms with Crippen LogP contribution in [0.3, 0.4) is 0 Å². The molecular weight excluding hydrogens is 258 g/mol. The van der Waals surface area contributed by atoms with E-state index in [4.69, 9.17) is 5.73 Å². The van der Waals surface area contributed by atoms with Crippen molar-refractivity contribution in [2.45, 2.75) is 32.1 Å². The van der Waals surface area contributed by atoms with Gasteiger partial charge < -0.3 is 11.1 Å². The summed E-state index contributed by atoms with van der Waals surface area (Å²) in [4.78, 5) is 4.18. The van der Waals surface area contributed by atoms with Gasteiger partial charge in [0.1, 0.15) is 0 Å². The van der Waals surface area contributed by atoms with Crippen LogP contribution in [-0.2, 0) is 16.6 Å². The van der Waals surface area contributed by atoms with Gasteiger partial charge in [-0.1, -0.05) is 30.3 Å². The van der Waals surface area contributed by atoms with Crippen molar-refractivity contribution in [1.82, 2.24) is 5.32 Å². The third kappa shape index (κ3) is 7.62. The van der Waals surface area contributed by atoms with Crippen LogP contribution < -0.4 is 11.1 Å². The molecule has 1 atom stereocenters. The molecule has 0 saturated carbocycles. The Balaban J connectivity index is 2.33. The molecule has 0 fully saturated rings. The average Bonchev–Trinajstić information content (AvgIpc) is 2.27. The molecule has 0 aliphatic rings. The van der Waals surface area contributed by atoms with Crippen molar-refractivity contribution < 1.29 is 4.21 Å². The van der Waals surface area contributed by atoms with Gasteiger partial charge in [0.15, 0.2) is 5.96 Å². The van der Waals surface area contributed by atoms with Crippen LogP contribution in [0.25, 0.3) is 0 Å². The zero-order valence-electron chi connectivity index (χ0n) is 11.8. The number of benzene rings is 1. The van der Waals surface area contributed by atoms with E-state index in [9.17, 15) is 4.21 Å². The molecule has 1 aromatic rings. The monoisotopic (exact) mass is 281 g/mol. The summed E-state index contributed by atoms with van der Waals surface area (Å²) in [7, 11) is -0.901. The van der Waals surface area contributed by atoms with Gasteiger partial charge in [-0.05, 0) is 26.3 Å². The smallest absolute Gasteiger partial charge is 0.189 e. The summed E-state index contributed by atoms with van der Waals surface area (Å²) in [6.45, 7) is 6.53. The number of nitrogens with two attached hydrogens (primary N) is 1. The Morgan fingerprint density at radius 1 is 1.32 bits per heavy atom. The van der Waals surface area contributed by atoms with Crippen LogP contribution in [0.15, 0.2) is 35.3 Å². The fourth-order valence-electron chi connectivity index (χ4n) is 1.52. The summed E-state index contributed by atoms with van der Waals surface area (Å²) in [6, 6.07) is 9.83. The minimum absolute atomic E-state index is 0.100. The van der Waals surface area contributed by atoms with Gasteiger partial charge in [-0.15, -0.1) is 0 Å². The highest BCUT2D eigenvalue weighted by molar-refractivity contribution is 7.84. The van der Waals surface area contributed by atoms with Crippen LogP contribution in [0.1, 0.15) is 26.3 Å². The summed E-state index contributed by atoms with van der Waals surface area (Å²) < 4.78 is 11.9. The molecule has 1 unspecified atom stereocenters. The van der Waals surface area contributed by atoms with Crippen LogP contribution in [0, 0.1) is 0 Å². The highest BCUT2D eigenvalue weighted by Gasteiger charge is 2.09. The quantitative estimate of drug-likeness (QED) is 0.637. The van der Waals surface area contributed by atoms with Crippen LogP contribution >= 0.6 is 0 Å². The van der Waals surface area contributed by atoms with E-state index in [1.165, 1.54) is 0 Å². The molecule has 4 nitrogen and oxygen atoms in total. The van der Waals surface area contributed by atoms with Gasteiger partial charge in [-0.25, -0.2) is 0 Å². The van der Waals surface area contributed by atoms with Gasteiger partial charge >= 0.3 is 0 Å². The molecule has 1 aromatic carbocycles. The Bertz CT molecular complexity index is 438. The van der Waals surface area contributed by atoms with Crippen molar-refractivity contribution in [3.8, 4) is 0 Å². The lowest BCUT2D eigenvalue weighted by molar-refractivity contribution is 0.508. The van der Waals surface area contributed by atoms with E-state index < -0.39 is 10.8 Å². The van der Waals surface area contributed by atoms with Crippen molar-refractivity contribution in [2.75, 3.05) is 12.3 Å². The predicted molar refractivity (Wildman–Crippen MR) is 82.5 cm³/mol. The number of nitrogens with zero attached hydrogens (tertiary/aromatic N) is 1. The topological polar surface area (TPSA) is 67.5 Å². The van der Waals surface area contributed by atoms with E-state index in [2.05, 4.69) is 10.3 Å². The first kappa shape index (κ1) is 15.7. The third-order valence-electron chi connectivity index (χ3n) is 2.27.